The van der Waals surface area contributed by atoms with Crippen LogP contribution in [0.1, 0.15) is 25.5 Å². The summed E-state index contributed by atoms with van der Waals surface area (Å²) in [5.41, 5.74) is 2.15. The summed E-state index contributed by atoms with van der Waals surface area (Å²) < 4.78 is 4.91. The van der Waals surface area contributed by atoms with Gasteiger partial charge in [-0.25, -0.2) is 4.79 Å². The molecule has 4 heteroatoms. The van der Waals surface area contributed by atoms with E-state index in [0.717, 1.165) is 5.69 Å². The minimum Gasteiger partial charge on any atom is -0.408 e. The van der Waals surface area contributed by atoms with Crippen molar-refractivity contribution in [1.82, 2.24) is 9.97 Å². The predicted molar refractivity (Wildman–Crippen MR) is 48.7 cm³/mol. The van der Waals surface area contributed by atoms with Crippen LogP contribution in [0.2, 0.25) is 0 Å². The summed E-state index contributed by atoms with van der Waals surface area (Å²) in [6.07, 6.45) is 1.65. The van der Waals surface area contributed by atoms with Gasteiger partial charge in [0.05, 0.1) is 5.69 Å². The van der Waals surface area contributed by atoms with Crippen molar-refractivity contribution in [3.63, 3.8) is 0 Å². The maximum atomic E-state index is 10.9. The Labute approximate surface area is 74.6 Å². The van der Waals surface area contributed by atoms with E-state index in [-0.39, 0.29) is 5.92 Å². The molecule has 0 aromatic carbocycles. The highest BCUT2D eigenvalue weighted by Crippen LogP contribution is 2.19. The molecule has 0 bridgehead atoms. The third-order valence-electron chi connectivity index (χ3n) is 1.92. The molecular weight excluding hydrogens is 168 g/mol. The molecule has 0 saturated heterocycles. The summed E-state index contributed by atoms with van der Waals surface area (Å²) in [7, 11) is 0. The molecule has 0 aliphatic heterocycles. The van der Waals surface area contributed by atoms with Crippen molar-refractivity contribution < 1.29 is 4.42 Å². The average Bonchev–Trinajstić information content (AvgIpc) is 2.43. The van der Waals surface area contributed by atoms with E-state index in [1.807, 2.05) is 13.8 Å². The molecule has 13 heavy (non-hydrogen) atoms. The number of hydrogen-bond acceptors (Lipinski definition) is 3. The molecule has 0 radical (unpaired) electrons. The van der Waals surface area contributed by atoms with Gasteiger partial charge in [-0.15, -0.1) is 0 Å². The summed E-state index contributed by atoms with van der Waals surface area (Å²) in [6.45, 7) is 4.04. The summed E-state index contributed by atoms with van der Waals surface area (Å²) in [6, 6.07) is 1.68. The first-order valence-corrected chi connectivity index (χ1v) is 4.16. The Hall–Kier alpha value is -1.58. The lowest BCUT2D eigenvalue weighted by molar-refractivity contribution is 0.555. The molecule has 1 N–H and O–H groups in total. The Morgan fingerprint density at radius 2 is 2.31 bits per heavy atom. The van der Waals surface area contributed by atoms with Gasteiger partial charge < -0.3 is 4.42 Å². The molecule has 0 unspecified atom stereocenters. The first-order valence-electron chi connectivity index (χ1n) is 4.16. The fraction of sp³-hybridized carbons (Fsp3) is 0.333. The predicted octanol–water partition coefficient (Wildman–Crippen LogP) is 1.64. The maximum absolute atomic E-state index is 10.9. The standard InChI is InChI=1S/C9H10N2O2/c1-5(2)7-8-6(3-4-10-7)13-9(12)11-8/h3-5H,1-2H3,(H,11,12). The molecule has 0 aliphatic carbocycles. The zero-order chi connectivity index (χ0) is 9.42. The van der Waals surface area contributed by atoms with Crippen molar-refractivity contribution in [3.8, 4) is 0 Å². The minimum absolute atomic E-state index is 0.275. The quantitative estimate of drug-likeness (QED) is 0.722. The largest absolute Gasteiger partial charge is 0.417 e. The van der Waals surface area contributed by atoms with Crippen molar-refractivity contribution in [2.75, 3.05) is 0 Å². The molecule has 0 fully saturated rings. The molecule has 4 nitrogen and oxygen atoms in total. The van der Waals surface area contributed by atoms with Crippen LogP contribution in [0.4, 0.5) is 0 Å². The van der Waals surface area contributed by atoms with Gasteiger partial charge in [0.15, 0.2) is 5.58 Å². The van der Waals surface area contributed by atoms with E-state index in [4.69, 9.17) is 4.42 Å². The Kier molecular flexibility index (Phi) is 1.69. The molecule has 2 rings (SSSR count). The summed E-state index contributed by atoms with van der Waals surface area (Å²) in [4.78, 5) is 17.7. The lowest BCUT2D eigenvalue weighted by Crippen LogP contribution is -1.97. The van der Waals surface area contributed by atoms with Crippen LogP contribution in [-0.4, -0.2) is 9.97 Å². The smallest absolute Gasteiger partial charge is 0.408 e. The zero-order valence-corrected chi connectivity index (χ0v) is 7.50. The van der Waals surface area contributed by atoms with E-state index in [9.17, 15) is 4.79 Å². The summed E-state index contributed by atoms with van der Waals surface area (Å²) in [5.74, 6) is -0.151. The molecule has 0 spiro atoms. The van der Waals surface area contributed by atoms with Crippen LogP contribution in [0.3, 0.4) is 0 Å². The van der Waals surface area contributed by atoms with Crippen molar-refractivity contribution in [2.24, 2.45) is 0 Å². The van der Waals surface area contributed by atoms with Gasteiger partial charge in [-0.3, -0.25) is 9.97 Å². The van der Waals surface area contributed by atoms with E-state index >= 15 is 0 Å². The highest BCUT2D eigenvalue weighted by Gasteiger charge is 2.09. The Bertz CT molecular complexity index is 482. The van der Waals surface area contributed by atoms with E-state index in [1.165, 1.54) is 0 Å². The second-order valence-electron chi connectivity index (χ2n) is 3.24. The SMILES string of the molecule is CC(C)c1nccc2oc(=O)[nH]c12. The Morgan fingerprint density at radius 1 is 1.54 bits per heavy atom. The van der Waals surface area contributed by atoms with Crippen LogP contribution >= 0.6 is 0 Å². The molecule has 0 atom stereocenters. The number of fused-ring (bicyclic) bond motifs is 1. The number of aromatic nitrogens is 2. The first kappa shape index (κ1) is 8.04. The summed E-state index contributed by atoms with van der Waals surface area (Å²) >= 11 is 0. The van der Waals surface area contributed by atoms with Crippen LogP contribution in [0.15, 0.2) is 21.5 Å². The average molecular weight is 178 g/mol. The number of pyridine rings is 1. The minimum atomic E-state index is -0.426. The van der Waals surface area contributed by atoms with Crippen molar-refractivity contribution in [1.29, 1.82) is 0 Å². The monoisotopic (exact) mass is 178 g/mol. The van der Waals surface area contributed by atoms with E-state index < -0.39 is 5.76 Å². The Balaban J connectivity index is 2.82. The van der Waals surface area contributed by atoms with E-state index in [0.29, 0.717) is 11.1 Å². The molecule has 2 aromatic heterocycles. The van der Waals surface area contributed by atoms with Gasteiger partial charge in [0.25, 0.3) is 0 Å². The number of H-pyrrole nitrogens is 1. The zero-order valence-electron chi connectivity index (χ0n) is 7.50. The van der Waals surface area contributed by atoms with Crippen LogP contribution < -0.4 is 5.76 Å². The first-order chi connectivity index (χ1) is 6.18. The number of aromatic amines is 1. The number of nitrogens with zero attached hydrogens (tertiary/aromatic N) is 1. The maximum Gasteiger partial charge on any atom is 0.417 e. The van der Waals surface area contributed by atoms with Crippen molar-refractivity contribution >= 4 is 11.1 Å². The lowest BCUT2D eigenvalue weighted by atomic mass is 10.1. The van der Waals surface area contributed by atoms with Crippen LogP contribution in [0.25, 0.3) is 11.1 Å². The van der Waals surface area contributed by atoms with Crippen molar-refractivity contribution in [2.45, 2.75) is 19.8 Å². The van der Waals surface area contributed by atoms with Gasteiger partial charge >= 0.3 is 5.76 Å². The third kappa shape index (κ3) is 1.24. The second-order valence-corrected chi connectivity index (χ2v) is 3.24. The second kappa shape index (κ2) is 2.73. The molecule has 0 amide bonds. The van der Waals surface area contributed by atoms with Crippen LogP contribution in [0, 0.1) is 0 Å². The van der Waals surface area contributed by atoms with Gasteiger partial charge in [0.2, 0.25) is 0 Å². The fourth-order valence-electron chi connectivity index (χ4n) is 1.34. The molecule has 2 aromatic rings. The molecule has 0 aliphatic rings. The number of hydrogen-bond donors (Lipinski definition) is 1. The van der Waals surface area contributed by atoms with Gasteiger partial charge in [-0.05, 0) is 5.92 Å². The highest BCUT2D eigenvalue weighted by molar-refractivity contribution is 5.74. The highest BCUT2D eigenvalue weighted by atomic mass is 16.4. The number of nitrogens with one attached hydrogen (secondary N) is 1. The summed E-state index contributed by atoms with van der Waals surface area (Å²) in [5, 5.41) is 0. The van der Waals surface area contributed by atoms with Gasteiger partial charge in [-0.2, -0.15) is 0 Å². The van der Waals surface area contributed by atoms with Crippen LogP contribution in [0.5, 0.6) is 0 Å². The van der Waals surface area contributed by atoms with E-state index in [2.05, 4.69) is 9.97 Å². The molecule has 2 heterocycles. The van der Waals surface area contributed by atoms with Gasteiger partial charge in [0.1, 0.15) is 5.52 Å². The van der Waals surface area contributed by atoms with Crippen LogP contribution in [-0.2, 0) is 0 Å². The normalized spacial score (nSPS) is 11.3. The van der Waals surface area contributed by atoms with E-state index in [1.54, 1.807) is 12.3 Å². The molecular formula is C9H10N2O2. The lowest BCUT2D eigenvalue weighted by Gasteiger charge is -2.02. The van der Waals surface area contributed by atoms with Gasteiger partial charge in [0, 0.05) is 12.3 Å². The molecule has 68 valence electrons. The Morgan fingerprint density at radius 3 is 3.00 bits per heavy atom. The fourth-order valence-corrected chi connectivity index (χ4v) is 1.34. The van der Waals surface area contributed by atoms with Gasteiger partial charge in [-0.1, -0.05) is 13.8 Å². The molecule has 0 saturated carbocycles. The topological polar surface area (TPSA) is 58.9 Å². The number of rotatable bonds is 1. The number of oxazole rings is 1. The van der Waals surface area contributed by atoms with Crippen molar-refractivity contribution in [3.05, 3.63) is 28.5 Å². The third-order valence-corrected chi connectivity index (χ3v) is 1.92.